The second kappa shape index (κ2) is 7.66. The normalized spacial score (nSPS) is 20.5. The molecule has 2 fully saturated rings. The van der Waals surface area contributed by atoms with Gasteiger partial charge in [0.05, 0.1) is 6.10 Å². The maximum absolute atomic E-state index is 12.5. The molecule has 0 heterocycles. The number of benzene rings is 1. The summed E-state index contributed by atoms with van der Waals surface area (Å²) >= 11 is 0. The van der Waals surface area contributed by atoms with Crippen LogP contribution in [0.1, 0.15) is 74.6 Å². The maximum Gasteiger partial charge on any atom is 0.342 e. The Hall–Kier alpha value is -1.51. The molecule has 0 saturated heterocycles. The van der Waals surface area contributed by atoms with Crippen molar-refractivity contribution in [1.82, 2.24) is 0 Å². The van der Waals surface area contributed by atoms with E-state index in [1.807, 2.05) is 24.3 Å². The van der Waals surface area contributed by atoms with E-state index < -0.39 is 0 Å². The maximum atomic E-state index is 12.5. The molecule has 1 aromatic carbocycles. The topological polar surface area (TPSA) is 35.5 Å². The molecule has 0 amide bonds. The van der Waals surface area contributed by atoms with Crippen molar-refractivity contribution in [2.24, 2.45) is 0 Å². The summed E-state index contributed by atoms with van der Waals surface area (Å²) in [5, 5.41) is 0. The van der Waals surface area contributed by atoms with E-state index >= 15 is 0 Å². The average molecular weight is 302 g/mol. The Morgan fingerprint density at radius 2 is 1.41 bits per heavy atom. The van der Waals surface area contributed by atoms with Crippen LogP contribution in [0.25, 0.3) is 0 Å². The number of esters is 1. The van der Waals surface area contributed by atoms with Crippen molar-refractivity contribution in [3.05, 3.63) is 29.8 Å². The first-order chi connectivity index (χ1) is 10.8. The Morgan fingerprint density at radius 1 is 0.818 bits per heavy atom. The lowest BCUT2D eigenvalue weighted by Gasteiger charge is -2.25. The van der Waals surface area contributed by atoms with Crippen molar-refractivity contribution in [3.8, 4) is 5.75 Å². The average Bonchev–Trinajstić information content (AvgIpc) is 2.57. The Balaban J connectivity index is 1.65. The van der Waals surface area contributed by atoms with Crippen LogP contribution in [0.2, 0.25) is 0 Å². The van der Waals surface area contributed by atoms with Gasteiger partial charge in [0.1, 0.15) is 17.4 Å². The molecule has 0 spiro atoms. The summed E-state index contributed by atoms with van der Waals surface area (Å²) < 4.78 is 11.8. The molecule has 0 bridgehead atoms. The smallest absolute Gasteiger partial charge is 0.342 e. The molecule has 3 nitrogen and oxygen atoms in total. The fraction of sp³-hybridized carbons (Fsp3) is 0.632. The van der Waals surface area contributed by atoms with E-state index in [2.05, 4.69) is 0 Å². The molecule has 0 unspecified atom stereocenters. The van der Waals surface area contributed by atoms with Crippen LogP contribution in [0.5, 0.6) is 5.75 Å². The second-order valence-corrected chi connectivity index (χ2v) is 6.54. The minimum Gasteiger partial charge on any atom is -0.490 e. The van der Waals surface area contributed by atoms with Gasteiger partial charge in [0.25, 0.3) is 0 Å². The van der Waals surface area contributed by atoms with Crippen molar-refractivity contribution in [3.63, 3.8) is 0 Å². The van der Waals surface area contributed by atoms with Crippen molar-refractivity contribution in [1.29, 1.82) is 0 Å². The summed E-state index contributed by atoms with van der Waals surface area (Å²) in [5.41, 5.74) is 0.582. The molecule has 2 aliphatic carbocycles. The van der Waals surface area contributed by atoms with E-state index in [-0.39, 0.29) is 18.2 Å². The summed E-state index contributed by atoms with van der Waals surface area (Å²) in [5.74, 6) is 0.466. The Morgan fingerprint density at radius 3 is 2.09 bits per heavy atom. The summed E-state index contributed by atoms with van der Waals surface area (Å²) in [4.78, 5) is 12.5. The highest BCUT2D eigenvalue weighted by atomic mass is 16.5. The van der Waals surface area contributed by atoms with Crippen LogP contribution in [0, 0.1) is 0 Å². The molecule has 120 valence electrons. The van der Waals surface area contributed by atoms with E-state index in [1.165, 1.54) is 25.7 Å². The van der Waals surface area contributed by atoms with Crippen molar-refractivity contribution in [2.75, 3.05) is 0 Å². The molecule has 1 aromatic rings. The standard InChI is InChI=1S/C19H26O3/c20-19(22-16-11-5-2-6-12-16)17-13-7-8-14-18(17)21-15-9-3-1-4-10-15/h7-8,13-16H,1-6,9-12H2. The van der Waals surface area contributed by atoms with Gasteiger partial charge in [-0.2, -0.15) is 0 Å². The molecule has 2 aliphatic rings. The zero-order valence-corrected chi connectivity index (χ0v) is 13.3. The van der Waals surface area contributed by atoms with Crippen LogP contribution in [-0.2, 0) is 4.74 Å². The van der Waals surface area contributed by atoms with E-state index in [0.29, 0.717) is 11.3 Å². The lowest BCUT2D eigenvalue weighted by atomic mass is 9.97. The summed E-state index contributed by atoms with van der Waals surface area (Å²) in [6.45, 7) is 0. The summed E-state index contributed by atoms with van der Waals surface area (Å²) in [6.07, 6.45) is 11.8. The molecule has 0 aromatic heterocycles. The zero-order chi connectivity index (χ0) is 15.2. The van der Waals surface area contributed by atoms with Gasteiger partial charge in [0.2, 0.25) is 0 Å². The van der Waals surface area contributed by atoms with E-state index in [9.17, 15) is 4.79 Å². The summed E-state index contributed by atoms with van der Waals surface area (Å²) in [7, 11) is 0. The first-order valence-corrected chi connectivity index (χ1v) is 8.79. The highest BCUT2D eigenvalue weighted by Gasteiger charge is 2.23. The number of para-hydroxylation sites is 1. The van der Waals surface area contributed by atoms with Crippen LogP contribution >= 0.6 is 0 Å². The Labute approximate surface area is 133 Å². The first-order valence-electron chi connectivity index (χ1n) is 8.79. The SMILES string of the molecule is O=C(OC1CCCCC1)c1ccccc1OC1CCCCC1. The molecule has 0 aliphatic heterocycles. The fourth-order valence-corrected chi connectivity index (χ4v) is 3.50. The molecule has 3 rings (SSSR count). The third kappa shape index (κ3) is 4.02. The minimum atomic E-state index is -0.224. The second-order valence-electron chi connectivity index (χ2n) is 6.54. The number of hydrogen-bond donors (Lipinski definition) is 0. The predicted octanol–water partition coefficient (Wildman–Crippen LogP) is 4.89. The molecular weight excluding hydrogens is 276 g/mol. The van der Waals surface area contributed by atoms with Crippen LogP contribution in [0.4, 0.5) is 0 Å². The number of hydrogen-bond acceptors (Lipinski definition) is 3. The van der Waals surface area contributed by atoms with Gasteiger partial charge in [-0.1, -0.05) is 25.0 Å². The van der Waals surface area contributed by atoms with Gasteiger partial charge in [-0.3, -0.25) is 0 Å². The number of carbonyl (C=O) groups excluding carboxylic acids is 1. The zero-order valence-electron chi connectivity index (χ0n) is 13.3. The van der Waals surface area contributed by atoms with Gasteiger partial charge < -0.3 is 9.47 Å². The van der Waals surface area contributed by atoms with Crippen LogP contribution in [-0.4, -0.2) is 18.2 Å². The molecule has 3 heteroatoms. The fourth-order valence-electron chi connectivity index (χ4n) is 3.50. The number of ether oxygens (including phenoxy) is 2. The number of carbonyl (C=O) groups is 1. The van der Waals surface area contributed by atoms with Crippen LogP contribution in [0.3, 0.4) is 0 Å². The monoisotopic (exact) mass is 302 g/mol. The van der Waals surface area contributed by atoms with Crippen LogP contribution in [0.15, 0.2) is 24.3 Å². The van der Waals surface area contributed by atoms with Crippen molar-refractivity contribution >= 4 is 5.97 Å². The van der Waals surface area contributed by atoms with E-state index in [0.717, 1.165) is 38.5 Å². The predicted molar refractivity (Wildman–Crippen MR) is 86.2 cm³/mol. The first kappa shape index (κ1) is 15.4. The molecule has 2 saturated carbocycles. The Bertz CT molecular complexity index is 485. The van der Waals surface area contributed by atoms with Crippen molar-refractivity contribution in [2.45, 2.75) is 76.4 Å². The molecular formula is C19H26O3. The molecule has 0 radical (unpaired) electrons. The lowest BCUT2D eigenvalue weighted by molar-refractivity contribution is 0.0204. The highest BCUT2D eigenvalue weighted by molar-refractivity contribution is 5.92. The third-order valence-corrected chi connectivity index (χ3v) is 4.78. The molecule has 0 atom stereocenters. The third-order valence-electron chi connectivity index (χ3n) is 4.78. The van der Waals surface area contributed by atoms with Gasteiger partial charge in [-0.25, -0.2) is 4.79 Å². The highest BCUT2D eigenvalue weighted by Crippen LogP contribution is 2.28. The largest absolute Gasteiger partial charge is 0.490 e. The van der Waals surface area contributed by atoms with E-state index in [4.69, 9.17) is 9.47 Å². The van der Waals surface area contributed by atoms with Gasteiger partial charge in [0, 0.05) is 0 Å². The quantitative estimate of drug-likeness (QED) is 0.743. The van der Waals surface area contributed by atoms with Gasteiger partial charge in [-0.05, 0) is 63.5 Å². The Kier molecular flexibility index (Phi) is 5.36. The molecule has 0 N–H and O–H groups in total. The van der Waals surface area contributed by atoms with Gasteiger partial charge in [0.15, 0.2) is 0 Å². The van der Waals surface area contributed by atoms with E-state index in [1.54, 1.807) is 0 Å². The van der Waals surface area contributed by atoms with Gasteiger partial charge in [-0.15, -0.1) is 0 Å². The van der Waals surface area contributed by atoms with Crippen molar-refractivity contribution < 1.29 is 14.3 Å². The minimum absolute atomic E-state index is 0.0870. The van der Waals surface area contributed by atoms with Crippen LogP contribution < -0.4 is 4.74 Å². The lowest BCUT2D eigenvalue weighted by Crippen LogP contribution is -2.23. The number of rotatable bonds is 4. The van der Waals surface area contributed by atoms with Gasteiger partial charge >= 0.3 is 5.97 Å². The summed E-state index contributed by atoms with van der Waals surface area (Å²) in [6, 6.07) is 7.52. The molecule has 22 heavy (non-hydrogen) atoms.